The first kappa shape index (κ1) is 29.9. The van der Waals surface area contributed by atoms with E-state index in [1.54, 1.807) is 0 Å². The van der Waals surface area contributed by atoms with Gasteiger partial charge in [0, 0.05) is 22.8 Å². The molecule has 6 heteroatoms. The highest BCUT2D eigenvalue weighted by molar-refractivity contribution is 5.94. The predicted octanol–water partition coefficient (Wildman–Crippen LogP) is 8.48. The molecule has 6 aromatic rings. The molecular formula is C38H34N2O4. The molecule has 2 heterocycles. The lowest BCUT2D eigenvalue weighted by molar-refractivity contribution is 0.0591. The van der Waals surface area contributed by atoms with Crippen LogP contribution in [-0.2, 0) is 9.47 Å². The fourth-order valence-electron chi connectivity index (χ4n) is 5.31. The second-order valence-corrected chi connectivity index (χ2v) is 10.1. The fraction of sp³-hybridized carbons (Fsp3) is 0.105. The SMILES string of the molecule is COC(=O)c1cc(-c2ccccc2)n(-c2ccccc2)c1C.COC(=O)c1cc(-c2ccccc2)n(-c2ccccc2)c1C. The maximum absolute atomic E-state index is 12.0. The Morgan fingerprint density at radius 1 is 0.477 bits per heavy atom. The van der Waals surface area contributed by atoms with Crippen LogP contribution in [0.2, 0.25) is 0 Å². The molecule has 0 saturated carbocycles. The fourth-order valence-corrected chi connectivity index (χ4v) is 5.31. The number of rotatable bonds is 6. The molecule has 6 rings (SSSR count). The zero-order valence-electron chi connectivity index (χ0n) is 25.2. The Bertz CT molecular complexity index is 1720. The van der Waals surface area contributed by atoms with Gasteiger partial charge in [-0.3, -0.25) is 0 Å². The highest BCUT2D eigenvalue weighted by Gasteiger charge is 2.21. The third kappa shape index (κ3) is 6.10. The quantitative estimate of drug-likeness (QED) is 0.185. The van der Waals surface area contributed by atoms with Gasteiger partial charge in [0.2, 0.25) is 0 Å². The largest absolute Gasteiger partial charge is 0.465 e. The smallest absolute Gasteiger partial charge is 0.339 e. The van der Waals surface area contributed by atoms with Crippen LogP contribution in [0.5, 0.6) is 0 Å². The van der Waals surface area contributed by atoms with E-state index in [-0.39, 0.29) is 11.9 Å². The first-order chi connectivity index (χ1) is 21.4. The summed E-state index contributed by atoms with van der Waals surface area (Å²) >= 11 is 0. The molecule has 0 atom stereocenters. The normalized spacial score (nSPS) is 10.5. The summed E-state index contributed by atoms with van der Waals surface area (Å²) in [5, 5.41) is 0. The zero-order chi connectivity index (χ0) is 31.1. The average Bonchev–Trinajstić information content (AvgIpc) is 3.62. The van der Waals surface area contributed by atoms with Crippen molar-refractivity contribution in [2.75, 3.05) is 14.2 Å². The maximum atomic E-state index is 12.0. The first-order valence-electron chi connectivity index (χ1n) is 14.3. The number of para-hydroxylation sites is 2. The van der Waals surface area contributed by atoms with Gasteiger partial charge in [-0.15, -0.1) is 0 Å². The Labute approximate surface area is 257 Å². The monoisotopic (exact) mass is 582 g/mol. The summed E-state index contributed by atoms with van der Waals surface area (Å²) in [6.45, 7) is 3.87. The van der Waals surface area contributed by atoms with Crippen LogP contribution in [0, 0.1) is 13.8 Å². The molecule has 6 nitrogen and oxygen atoms in total. The van der Waals surface area contributed by atoms with Crippen molar-refractivity contribution >= 4 is 11.9 Å². The number of carbonyl (C=O) groups excluding carboxylic acids is 2. The van der Waals surface area contributed by atoms with E-state index in [0.717, 1.165) is 45.3 Å². The van der Waals surface area contributed by atoms with Crippen molar-refractivity contribution in [2.45, 2.75) is 13.8 Å². The van der Waals surface area contributed by atoms with Crippen LogP contribution in [0.4, 0.5) is 0 Å². The summed E-state index contributed by atoms with van der Waals surface area (Å²) in [6, 6.07) is 43.9. The molecule has 0 aliphatic rings. The molecule has 0 amide bonds. The molecule has 4 aromatic carbocycles. The molecule has 0 N–H and O–H groups in total. The average molecular weight is 583 g/mol. The number of ether oxygens (including phenoxy) is 2. The summed E-state index contributed by atoms with van der Waals surface area (Å²) in [5.74, 6) is -0.631. The summed E-state index contributed by atoms with van der Waals surface area (Å²) < 4.78 is 14.0. The van der Waals surface area contributed by atoms with Crippen LogP contribution < -0.4 is 0 Å². The number of nitrogens with zero attached hydrogens (tertiary/aromatic N) is 2. The van der Waals surface area contributed by atoms with E-state index >= 15 is 0 Å². The van der Waals surface area contributed by atoms with Crippen LogP contribution in [0.1, 0.15) is 32.1 Å². The molecule has 0 spiro atoms. The van der Waals surface area contributed by atoms with Gasteiger partial charge in [-0.25, -0.2) is 9.59 Å². The van der Waals surface area contributed by atoms with E-state index in [2.05, 4.69) is 9.13 Å². The molecule has 2 aromatic heterocycles. The molecule has 0 bridgehead atoms. The van der Waals surface area contributed by atoms with Gasteiger partial charge in [-0.1, -0.05) is 97.1 Å². The molecular weight excluding hydrogens is 548 g/mol. The van der Waals surface area contributed by atoms with E-state index < -0.39 is 0 Å². The number of hydrogen-bond donors (Lipinski definition) is 0. The molecule has 0 aliphatic heterocycles. The van der Waals surface area contributed by atoms with Gasteiger partial charge < -0.3 is 18.6 Å². The number of methoxy groups -OCH3 is 2. The van der Waals surface area contributed by atoms with Gasteiger partial charge in [0.15, 0.2) is 0 Å². The minimum Gasteiger partial charge on any atom is -0.465 e. The van der Waals surface area contributed by atoms with E-state index in [1.807, 2.05) is 147 Å². The van der Waals surface area contributed by atoms with Crippen LogP contribution in [0.15, 0.2) is 133 Å². The first-order valence-corrected chi connectivity index (χ1v) is 14.3. The predicted molar refractivity (Wildman–Crippen MR) is 175 cm³/mol. The van der Waals surface area contributed by atoms with E-state index in [9.17, 15) is 9.59 Å². The standard InChI is InChI=1S/2C19H17NO2/c2*1-14-17(19(21)22-2)13-18(15-9-5-3-6-10-15)20(14)16-11-7-4-8-12-16/h2*3-13H,1-2H3. The van der Waals surface area contributed by atoms with E-state index in [0.29, 0.717) is 11.1 Å². The number of esters is 2. The van der Waals surface area contributed by atoms with Crippen molar-refractivity contribution in [1.82, 2.24) is 9.13 Å². The molecule has 0 fully saturated rings. The van der Waals surface area contributed by atoms with Crippen molar-refractivity contribution in [3.05, 3.63) is 156 Å². The van der Waals surface area contributed by atoms with Crippen molar-refractivity contribution in [2.24, 2.45) is 0 Å². The second kappa shape index (κ2) is 13.6. The second-order valence-electron chi connectivity index (χ2n) is 10.1. The zero-order valence-corrected chi connectivity index (χ0v) is 25.2. The minimum absolute atomic E-state index is 0.315. The highest BCUT2D eigenvalue weighted by atomic mass is 16.5. The maximum Gasteiger partial charge on any atom is 0.339 e. The summed E-state index contributed by atoms with van der Waals surface area (Å²) in [6.07, 6.45) is 0. The highest BCUT2D eigenvalue weighted by Crippen LogP contribution is 2.31. The molecule has 0 unspecified atom stereocenters. The lowest BCUT2D eigenvalue weighted by Gasteiger charge is -2.12. The van der Waals surface area contributed by atoms with Gasteiger partial charge in [0.05, 0.1) is 36.7 Å². The van der Waals surface area contributed by atoms with Crippen molar-refractivity contribution in [3.63, 3.8) is 0 Å². The Morgan fingerprint density at radius 3 is 1.07 bits per heavy atom. The summed E-state index contributed by atoms with van der Waals surface area (Å²) in [5.41, 5.74) is 9.04. The third-order valence-corrected chi connectivity index (χ3v) is 7.47. The van der Waals surface area contributed by atoms with E-state index in [1.165, 1.54) is 14.2 Å². The minimum atomic E-state index is -0.315. The van der Waals surface area contributed by atoms with Gasteiger partial charge in [0.25, 0.3) is 0 Å². The van der Waals surface area contributed by atoms with Crippen molar-refractivity contribution in [1.29, 1.82) is 0 Å². The van der Waals surface area contributed by atoms with Crippen LogP contribution >= 0.6 is 0 Å². The topological polar surface area (TPSA) is 62.5 Å². The van der Waals surface area contributed by atoms with Gasteiger partial charge in [-0.05, 0) is 61.4 Å². The van der Waals surface area contributed by atoms with Gasteiger partial charge in [0.1, 0.15) is 0 Å². The lowest BCUT2D eigenvalue weighted by atomic mass is 10.1. The number of benzene rings is 4. The Kier molecular flexibility index (Phi) is 9.21. The van der Waals surface area contributed by atoms with Gasteiger partial charge in [-0.2, -0.15) is 0 Å². The van der Waals surface area contributed by atoms with Crippen LogP contribution in [-0.4, -0.2) is 35.3 Å². The summed E-state index contributed by atoms with van der Waals surface area (Å²) in [4.78, 5) is 24.1. The Hall–Kier alpha value is -5.62. The lowest BCUT2D eigenvalue weighted by Crippen LogP contribution is -2.04. The number of hydrogen-bond acceptors (Lipinski definition) is 4. The molecule has 0 aliphatic carbocycles. The summed E-state index contributed by atoms with van der Waals surface area (Å²) in [7, 11) is 2.81. The Balaban J connectivity index is 0.000000175. The third-order valence-electron chi connectivity index (χ3n) is 7.47. The number of aromatic nitrogens is 2. The molecule has 44 heavy (non-hydrogen) atoms. The Morgan fingerprint density at radius 2 is 0.773 bits per heavy atom. The van der Waals surface area contributed by atoms with Gasteiger partial charge >= 0.3 is 11.9 Å². The van der Waals surface area contributed by atoms with Crippen molar-refractivity contribution < 1.29 is 19.1 Å². The number of carbonyl (C=O) groups is 2. The molecule has 0 saturated heterocycles. The van der Waals surface area contributed by atoms with Crippen LogP contribution in [0.25, 0.3) is 33.9 Å². The van der Waals surface area contributed by atoms with Crippen molar-refractivity contribution in [3.8, 4) is 33.9 Å². The molecule has 220 valence electrons. The molecule has 0 radical (unpaired) electrons. The van der Waals surface area contributed by atoms with Crippen LogP contribution in [0.3, 0.4) is 0 Å². The van der Waals surface area contributed by atoms with E-state index in [4.69, 9.17) is 9.47 Å².